The van der Waals surface area contributed by atoms with Crippen molar-refractivity contribution in [2.24, 2.45) is 5.92 Å². The van der Waals surface area contributed by atoms with Gasteiger partial charge in [-0.2, -0.15) is 0 Å². The molecule has 18 heavy (non-hydrogen) atoms. The Balaban J connectivity index is 2.79. The third kappa shape index (κ3) is 4.06. The number of para-hydroxylation sites is 1. The van der Waals surface area contributed by atoms with Crippen LogP contribution >= 0.6 is 0 Å². The lowest BCUT2D eigenvalue weighted by molar-refractivity contribution is -0.148. The summed E-state index contributed by atoms with van der Waals surface area (Å²) in [5.74, 6) is 0.652. The van der Waals surface area contributed by atoms with Gasteiger partial charge in [-0.3, -0.25) is 4.79 Å². The Hall–Kier alpha value is -1.51. The molecule has 3 heteroatoms. The highest BCUT2D eigenvalue weighted by Crippen LogP contribution is 2.23. The van der Waals surface area contributed by atoms with Crippen molar-refractivity contribution in [1.82, 2.24) is 0 Å². The molecule has 0 aliphatic heterocycles. The van der Waals surface area contributed by atoms with Crippen LogP contribution in [0.25, 0.3) is 0 Å². The summed E-state index contributed by atoms with van der Waals surface area (Å²) in [5, 5.41) is 0. The van der Waals surface area contributed by atoms with Crippen molar-refractivity contribution < 1.29 is 14.3 Å². The van der Waals surface area contributed by atoms with Gasteiger partial charge in [0.15, 0.2) is 0 Å². The smallest absolute Gasteiger partial charge is 0.309 e. The lowest BCUT2D eigenvalue weighted by atomic mass is 9.94. The Morgan fingerprint density at radius 1 is 1.28 bits per heavy atom. The second-order valence-corrected chi connectivity index (χ2v) is 4.25. The molecule has 1 aromatic rings. The summed E-state index contributed by atoms with van der Waals surface area (Å²) in [5.41, 5.74) is 1.06. The summed E-state index contributed by atoms with van der Waals surface area (Å²) in [7, 11) is 1.65. The van der Waals surface area contributed by atoms with Gasteiger partial charge >= 0.3 is 5.97 Å². The normalized spacial score (nSPS) is 11.9. The first-order chi connectivity index (χ1) is 8.72. The van der Waals surface area contributed by atoms with Crippen molar-refractivity contribution in [1.29, 1.82) is 0 Å². The Morgan fingerprint density at radius 3 is 2.61 bits per heavy atom. The van der Waals surface area contributed by atoms with Crippen LogP contribution in [0.1, 0.15) is 32.3 Å². The molecule has 0 N–H and O–H groups in total. The molecule has 1 unspecified atom stereocenters. The van der Waals surface area contributed by atoms with Crippen LogP contribution in [-0.2, 0) is 16.0 Å². The predicted molar refractivity (Wildman–Crippen MR) is 71.7 cm³/mol. The Labute approximate surface area is 109 Å². The molecule has 0 spiro atoms. The van der Waals surface area contributed by atoms with E-state index in [1.54, 1.807) is 7.11 Å². The van der Waals surface area contributed by atoms with E-state index >= 15 is 0 Å². The SMILES string of the molecule is CCCC(Cc1ccccc1OC)C(=O)OCC. The van der Waals surface area contributed by atoms with Gasteiger partial charge in [-0.1, -0.05) is 31.5 Å². The van der Waals surface area contributed by atoms with Gasteiger partial charge in [0.1, 0.15) is 5.75 Å². The van der Waals surface area contributed by atoms with E-state index in [4.69, 9.17) is 9.47 Å². The van der Waals surface area contributed by atoms with E-state index in [1.165, 1.54) is 0 Å². The molecular weight excluding hydrogens is 228 g/mol. The highest BCUT2D eigenvalue weighted by Gasteiger charge is 2.20. The molecule has 0 heterocycles. The van der Waals surface area contributed by atoms with Gasteiger partial charge in [0.2, 0.25) is 0 Å². The van der Waals surface area contributed by atoms with Crippen molar-refractivity contribution in [3.05, 3.63) is 29.8 Å². The maximum absolute atomic E-state index is 11.9. The minimum absolute atomic E-state index is 0.0775. The molecule has 0 aliphatic carbocycles. The highest BCUT2D eigenvalue weighted by atomic mass is 16.5. The third-order valence-electron chi connectivity index (χ3n) is 2.92. The standard InChI is InChI=1S/C15H22O3/c1-4-8-13(15(16)18-5-2)11-12-9-6-7-10-14(12)17-3/h6-7,9-10,13H,4-5,8,11H2,1-3H3. The maximum Gasteiger partial charge on any atom is 0.309 e. The van der Waals surface area contributed by atoms with E-state index < -0.39 is 0 Å². The van der Waals surface area contributed by atoms with Crippen LogP contribution < -0.4 is 4.74 Å². The number of carbonyl (C=O) groups is 1. The van der Waals surface area contributed by atoms with Crippen molar-refractivity contribution in [2.45, 2.75) is 33.1 Å². The van der Waals surface area contributed by atoms with Crippen LogP contribution in [-0.4, -0.2) is 19.7 Å². The Kier molecular flexibility index (Phi) is 6.26. The second kappa shape index (κ2) is 7.75. The molecule has 0 radical (unpaired) electrons. The van der Waals surface area contributed by atoms with Gasteiger partial charge in [0.05, 0.1) is 19.6 Å². The number of methoxy groups -OCH3 is 1. The summed E-state index contributed by atoms with van der Waals surface area (Å²) in [4.78, 5) is 11.9. The average molecular weight is 250 g/mol. The summed E-state index contributed by atoms with van der Waals surface area (Å²) in [6.07, 6.45) is 2.49. The van der Waals surface area contributed by atoms with Gasteiger partial charge in [0.25, 0.3) is 0 Å². The molecule has 1 rings (SSSR count). The molecule has 1 aromatic carbocycles. The predicted octanol–water partition coefficient (Wildman–Crippen LogP) is 3.22. The summed E-state index contributed by atoms with van der Waals surface area (Å²) in [6.45, 7) is 4.35. The lowest BCUT2D eigenvalue weighted by Crippen LogP contribution is -2.20. The van der Waals surface area contributed by atoms with Crippen molar-refractivity contribution in [3.63, 3.8) is 0 Å². The Bertz CT molecular complexity index is 374. The number of ether oxygens (including phenoxy) is 2. The zero-order valence-electron chi connectivity index (χ0n) is 11.4. The number of esters is 1. The van der Waals surface area contributed by atoms with Gasteiger partial charge in [0, 0.05) is 0 Å². The maximum atomic E-state index is 11.9. The summed E-state index contributed by atoms with van der Waals surface area (Å²) < 4.78 is 10.4. The van der Waals surface area contributed by atoms with E-state index in [9.17, 15) is 4.79 Å². The van der Waals surface area contributed by atoms with Gasteiger partial charge < -0.3 is 9.47 Å². The second-order valence-electron chi connectivity index (χ2n) is 4.25. The third-order valence-corrected chi connectivity index (χ3v) is 2.92. The molecule has 0 amide bonds. The zero-order chi connectivity index (χ0) is 13.4. The average Bonchev–Trinajstić information content (AvgIpc) is 2.39. The van der Waals surface area contributed by atoms with Crippen molar-refractivity contribution >= 4 is 5.97 Å². The Morgan fingerprint density at radius 2 is 2.00 bits per heavy atom. The topological polar surface area (TPSA) is 35.5 Å². The van der Waals surface area contributed by atoms with Gasteiger partial charge in [-0.25, -0.2) is 0 Å². The van der Waals surface area contributed by atoms with Crippen LogP contribution in [0, 0.1) is 5.92 Å². The minimum atomic E-state index is -0.106. The van der Waals surface area contributed by atoms with E-state index in [2.05, 4.69) is 6.92 Å². The fourth-order valence-corrected chi connectivity index (χ4v) is 2.05. The van der Waals surface area contributed by atoms with Crippen LogP contribution in [0.3, 0.4) is 0 Å². The fraction of sp³-hybridized carbons (Fsp3) is 0.533. The van der Waals surface area contributed by atoms with Gasteiger partial charge in [-0.05, 0) is 31.4 Å². The van der Waals surface area contributed by atoms with Crippen molar-refractivity contribution in [2.75, 3.05) is 13.7 Å². The summed E-state index contributed by atoms with van der Waals surface area (Å²) >= 11 is 0. The molecule has 3 nitrogen and oxygen atoms in total. The summed E-state index contributed by atoms with van der Waals surface area (Å²) in [6, 6.07) is 7.82. The highest BCUT2D eigenvalue weighted by molar-refractivity contribution is 5.73. The van der Waals surface area contributed by atoms with E-state index in [0.29, 0.717) is 13.0 Å². The van der Waals surface area contributed by atoms with Crippen LogP contribution in [0.2, 0.25) is 0 Å². The quantitative estimate of drug-likeness (QED) is 0.697. The van der Waals surface area contributed by atoms with Gasteiger partial charge in [-0.15, -0.1) is 0 Å². The first-order valence-electron chi connectivity index (χ1n) is 6.51. The number of hydrogen-bond acceptors (Lipinski definition) is 3. The first kappa shape index (κ1) is 14.6. The molecule has 1 atom stereocenters. The molecule has 0 fully saturated rings. The number of carbonyl (C=O) groups excluding carboxylic acids is 1. The van der Waals surface area contributed by atoms with E-state index in [-0.39, 0.29) is 11.9 Å². The van der Waals surface area contributed by atoms with E-state index in [0.717, 1.165) is 24.2 Å². The molecule has 100 valence electrons. The lowest BCUT2D eigenvalue weighted by Gasteiger charge is -2.16. The zero-order valence-corrected chi connectivity index (χ0v) is 11.4. The molecule has 0 bridgehead atoms. The number of hydrogen-bond donors (Lipinski definition) is 0. The first-order valence-corrected chi connectivity index (χ1v) is 6.51. The van der Waals surface area contributed by atoms with Crippen LogP contribution in [0.5, 0.6) is 5.75 Å². The minimum Gasteiger partial charge on any atom is -0.496 e. The number of rotatable bonds is 7. The molecule has 0 aliphatic rings. The number of benzene rings is 1. The molecular formula is C15H22O3. The molecule has 0 saturated heterocycles. The van der Waals surface area contributed by atoms with Crippen LogP contribution in [0.15, 0.2) is 24.3 Å². The molecule has 0 saturated carbocycles. The van der Waals surface area contributed by atoms with Crippen molar-refractivity contribution in [3.8, 4) is 5.75 Å². The monoisotopic (exact) mass is 250 g/mol. The fourth-order valence-electron chi connectivity index (χ4n) is 2.05. The van der Waals surface area contributed by atoms with Crippen LogP contribution in [0.4, 0.5) is 0 Å². The molecule has 0 aromatic heterocycles. The largest absolute Gasteiger partial charge is 0.496 e. The van der Waals surface area contributed by atoms with E-state index in [1.807, 2.05) is 31.2 Å².